The Bertz CT molecular complexity index is 278. The van der Waals surface area contributed by atoms with E-state index in [2.05, 4.69) is 4.86 Å². The molecule has 1 aromatic rings. The monoisotopic (exact) mass is 168 g/mol. The molecule has 0 saturated carbocycles. The van der Waals surface area contributed by atoms with Gasteiger partial charge < -0.3 is 5.02 Å². The lowest BCUT2D eigenvalue weighted by molar-refractivity contribution is -0.0267. The topological polar surface area (TPSA) is 29.5 Å². The number of hydrogen-bond donors (Lipinski definition) is 1. The highest BCUT2D eigenvalue weighted by Gasteiger charge is 2.19. The first-order valence-electron chi connectivity index (χ1n) is 3.67. The minimum absolute atomic E-state index is 0.470. The van der Waals surface area contributed by atoms with E-state index < -0.39 is 7.12 Å². The van der Waals surface area contributed by atoms with Crippen molar-refractivity contribution in [1.82, 2.24) is 0 Å². The van der Waals surface area contributed by atoms with E-state index in [1.54, 1.807) is 13.0 Å². The van der Waals surface area contributed by atoms with Crippen molar-refractivity contribution in [2.75, 3.05) is 0 Å². The van der Waals surface area contributed by atoms with Crippen LogP contribution in [0.5, 0.6) is 0 Å². The average molecular weight is 168 g/mol. The molecule has 0 radical (unpaired) electrons. The third kappa shape index (κ3) is 1.84. The van der Waals surface area contributed by atoms with Crippen LogP contribution in [0.1, 0.15) is 11.1 Å². The van der Waals surface area contributed by atoms with Gasteiger partial charge in [-0.15, -0.1) is 0 Å². The van der Waals surface area contributed by atoms with Crippen LogP contribution in [0.2, 0.25) is 0 Å². The van der Waals surface area contributed by atoms with Gasteiger partial charge in [0, 0.05) is 0 Å². The molecule has 0 aliphatic carbocycles. The first-order valence-corrected chi connectivity index (χ1v) is 3.67. The normalized spacial score (nSPS) is 10.0. The molecule has 4 heteroatoms. The van der Waals surface area contributed by atoms with Gasteiger partial charge in [-0.25, -0.2) is 4.86 Å². The molecule has 0 unspecified atom stereocenters. The van der Waals surface area contributed by atoms with Gasteiger partial charge in [0.05, 0.1) is 0 Å². The highest BCUT2D eigenvalue weighted by molar-refractivity contribution is 6.60. The maximum Gasteiger partial charge on any atom is 0.530 e. The minimum Gasteiger partial charge on any atom is -0.421 e. The number of rotatable bonds is 2. The standard InChI is InChI=1S/C8H10BFO2/c1-6-3-4-7(2)8(5-6)9(11)12-10/h3-5,11H,1-2H3. The van der Waals surface area contributed by atoms with E-state index >= 15 is 0 Å². The molecular formula is C8H10BFO2. The van der Waals surface area contributed by atoms with E-state index in [-0.39, 0.29) is 0 Å². The quantitative estimate of drug-likeness (QED) is 0.664. The summed E-state index contributed by atoms with van der Waals surface area (Å²) < 4.78 is 11.6. The molecule has 0 saturated heterocycles. The highest BCUT2D eigenvalue weighted by Crippen LogP contribution is 2.00. The molecule has 0 aliphatic rings. The Labute approximate surface area is 71.0 Å². The van der Waals surface area contributed by atoms with Crippen molar-refractivity contribution >= 4 is 12.6 Å². The molecule has 12 heavy (non-hydrogen) atoms. The second-order valence-electron chi connectivity index (χ2n) is 2.80. The van der Waals surface area contributed by atoms with Crippen molar-refractivity contribution in [2.24, 2.45) is 0 Å². The van der Waals surface area contributed by atoms with E-state index in [9.17, 15) is 4.53 Å². The fourth-order valence-corrected chi connectivity index (χ4v) is 1.07. The molecular weight excluding hydrogens is 158 g/mol. The van der Waals surface area contributed by atoms with E-state index in [1.807, 2.05) is 19.1 Å². The lowest BCUT2D eigenvalue weighted by Gasteiger charge is -2.05. The van der Waals surface area contributed by atoms with Gasteiger partial charge in [0.15, 0.2) is 0 Å². The molecule has 64 valence electrons. The minimum atomic E-state index is -1.47. The fourth-order valence-electron chi connectivity index (χ4n) is 1.07. The van der Waals surface area contributed by atoms with Gasteiger partial charge in [-0.1, -0.05) is 33.9 Å². The zero-order valence-corrected chi connectivity index (χ0v) is 7.04. The Balaban J connectivity index is 3.04. The third-order valence-corrected chi connectivity index (χ3v) is 1.79. The highest BCUT2D eigenvalue weighted by atomic mass is 19.3. The van der Waals surface area contributed by atoms with Crippen molar-refractivity contribution in [2.45, 2.75) is 13.8 Å². The summed E-state index contributed by atoms with van der Waals surface area (Å²) in [7, 11) is -1.47. The lowest BCUT2D eigenvalue weighted by Crippen LogP contribution is -2.33. The van der Waals surface area contributed by atoms with Crippen LogP contribution in [0.15, 0.2) is 18.2 Å². The number of aryl methyl sites for hydroxylation is 2. The Morgan fingerprint density at radius 2 is 2.08 bits per heavy atom. The van der Waals surface area contributed by atoms with Crippen LogP contribution in [0.3, 0.4) is 0 Å². The summed E-state index contributed by atoms with van der Waals surface area (Å²) in [4.78, 5) is 3.33. The summed E-state index contributed by atoms with van der Waals surface area (Å²) in [5, 5.41) is 9.04. The van der Waals surface area contributed by atoms with Gasteiger partial charge in [0.2, 0.25) is 0 Å². The third-order valence-electron chi connectivity index (χ3n) is 1.79. The first kappa shape index (κ1) is 9.22. The van der Waals surface area contributed by atoms with Crippen molar-refractivity contribution in [3.8, 4) is 0 Å². The lowest BCUT2D eigenvalue weighted by atomic mass is 9.76. The smallest absolute Gasteiger partial charge is 0.421 e. The van der Waals surface area contributed by atoms with Crippen molar-refractivity contribution in [3.63, 3.8) is 0 Å². The predicted octanol–water partition coefficient (Wildman–Crippen LogP) is 0.892. The van der Waals surface area contributed by atoms with Crippen LogP contribution < -0.4 is 5.46 Å². The molecule has 0 fully saturated rings. The SMILES string of the molecule is Cc1ccc(C)c(B(O)OF)c1. The zero-order chi connectivity index (χ0) is 9.14. The van der Waals surface area contributed by atoms with Crippen LogP contribution in [-0.2, 0) is 4.86 Å². The summed E-state index contributed by atoms with van der Waals surface area (Å²) in [5.74, 6) is 0. The zero-order valence-electron chi connectivity index (χ0n) is 7.04. The Morgan fingerprint density at radius 1 is 1.42 bits per heavy atom. The van der Waals surface area contributed by atoms with Gasteiger partial charge >= 0.3 is 7.12 Å². The Morgan fingerprint density at radius 3 is 2.67 bits per heavy atom. The van der Waals surface area contributed by atoms with Gasteiger partial charge in [0.1, 0.15) is 0 Å². The van der Waals surface area contributed by atoms with E-state index in [0.717, 1.165) is 11.1 Å². The predicted molar refractivity (Wildman–Crippen MR) is 45.7 cm³/mol. The van der Waals surface area contributed by atoms with Crippen molar-refractivity contribution < 1.29 is 14.4 Å². The van der Waals surface area contributed by atoms with E-state index in [1.165, 1.54) is 0 Å². The van der Waals surface area contributed by atoms with Crippen LogP contribution in [-0.4, -0.2) is 12.1 Å². The molecule has 0 heterocycles. The summed E-state index contributed by atoms with van der Waals surface area (Å²) >= 11 is 0. The van der Waals surface area contributed by atoms with Gasteiger partial charge in [-0.2, -0.15) is 0 Å². The van der Waals surface area contributed by atoms with Crippen LogP contribution in [0.25, 0.3) is 0 Å². The maximum atomic E-state index is 11.6. The summed E-state index contributed by atoms with van der Waals surface area (Å²) in [5.41, 5.74) is 2.25. The van der Waals surface area contributed by atoms with Crippen molar-refractivity contribution in [1.29, 1.82) is 0 Å². The molecule has 0 amide bonds. The molecule has 1 rings (SSSR count). The molecule has 0 aromatic heterocycles. The molecule has 0 aliphatic heterocycles. The Hall–Kier alpha value is -0.865. The van der Waals surface area contributed by atoms with Gasteiger partial charge in [-0.3, -0.25) is 0 Å². The fraction of sp³-hybridized carbons (Fsp3) is 0.250. The summed E-state index contributed by atoms with van der Waals surface area (Å²) in [6.45, 7) is 3.66. The van der Waals surface area contributed by atoms with Crippen LogP contribution in [0, 0.1) is 13.8 Å². The first-order chi connectivity index (χ1) is 5.65. The van der Waals surface area contributed by atoms with Crippen molar-refractivity contribution in [3.05, 3.63) is 29.3 Å². The molecule has 2 nitrogen and oxygen atoms in total. The number of halogens is 1. The maximum absolute atomic E-state index is 11.6. The van der Waals surface area contributed by atoms with Gasteiger partial charge in [-0.05, 0) is 19.3 Å². The van der Waals surface area contributed by atoms with E-state index in [4.69, 9.17) is 5.02 Å². The molecule has 0 bridgehead atoms. The Kier molecular flexibility index (Phi) is 2.84. The largest absolute Gasteiger partial charge is 0.530 e. The molecule has 0 spiro atoms. The van der Waals surface area contributed by atoms with Crippen LogP contribution in [0.4, 0.5) is 4.53 Å². The number of benzene rings is 1. The average Bonchev–Trinajstić information content (AvgIpc) is 2.08. The second-order valence-corrected chi connectivity index (χ2v) is 2.80. The molecule has 1 N–H and O–H groups in total. The van der Waals surface area contributed by atoms with Gasteiger partial charge in [0.25, 0.3) is 0 Å². The van der Waals surface area contributed by atoms with Crippen LogP contribution >= 0.6 is 0 Å². The summed E-state index contributed by atoms with van der Waals surface area (Å²) in [6, 6.07) is 5.40. The van der Waals surface area contributed by atoms with E-state index in [0.29, 0.717) is 5.46 Å². The molecule has 1 aromatic carbocycles. The number of hydrogen-bond acceptors (Lipinski definition) is 2. The summed E-state index contributed by atoms with van der Waals surface area (Å²) in [6.07, 6.45) is 0. The molecule has 0 atom stereocenters. The second kappa shape index (κ2) is 3.69.